The minimum atomic E-state index is -4.13. The van der Waals surface area contributed by atoms with Crippen LogP contribution in [0.5, 0.6) is 0 Å². The lowest BCUT2D eigenvalue weighted by Gasteiger charge is -2.15. The Hall–Kier alpha value is -1.64. The third kappa shape index (κ3) is 4.42. The fourth-order valence-electron chi connectivity index (χ4n) is 1.56. The second-order valence-corrected chi connectivity index (χ2v) is 6.24. The van der Waals surface area contributed by atoms with E-state index in [9.17, 15) is 18.0 Å². The van der Waals surface area contributed by atoms with Crippen LogP contribution >= 0.6 is 11.6 Å². The molecule has 0 aliphatic carbocycles. The summed E-state index contributed by atoms with van der Waals surface area (Å²) in [6.07, 6.45) is -0.620. The highest BCUT2D eigenvalue weighted by atomic mass is 35.5. The molecule has 0 spiro atoms. The van der Waals surface area contributed by atoms with Crippen molar-refractivity contribution in [3.63, 3.8) is 0 Å². The van der Waals surface area contributed by atoms with E-state index in [0.29, 0.717) is 0 Å². The molecule has 1 aromatic carbocycles. The molecule has 1 rings (SSSR count). The standard InChI is InChI=1S/C12H14ClNO6S/c1-7-8(13)4-3-5-10(7)21(18,19)14-9(12(16)17)6-11(15)20-2/h3-5,9,14H,6H2,1-2H3,(H,16,17)/t9-/m0/s1. The van der Waals surface area contributed by atoms with Gasteiger partial charge in [0.05, 0.1) is 18.4 Å². The van der Waals surface area contributed by atoms with Crippen molar-refractivity contribution in [2.24, 2.45) is 0 Å². The van der Waals surface area contributed by atoms with Crippen LogP contribution in [0.1, 0.15) is 12.0 Å². The first-order chi connectivity index (χ1) is 9.69. The topological polar surface area (TPSA) is 110 Å². The Morgan fingerprint density at radius 3 is 2.57 bits per heavy atom. The summed E-state index contributed by atoms with van der Waals surface area (Å²) in [5.74, 6) is -2.32. The number of nitrogens with one attached hydrogen (secondary N) is 1. The number of rotatable bonds is 6. The lowest BCUT2D eigenvalue weighted by Crippen LogP contribution is -2.42. The Balaban J connectivity index is 3.09. The molecule has 0 aliphatic heterocycles. The zero-order chi connectivity index (χ0) is 16.2. The van der Waals surface area contributed by atoms with Gasteiger partial charge in [0.15, 0.2) is 0 Å². The van der Waals surface area contributed by atoms with E-state index in [4.69, 9.17) is 16.7 Å². The molecule has 9 heteroatoms. The third-order valence-electron chi connectivity index (χ3n) is 2.70. The van der Waals surface area contributed by atoms with Crippen LogP contribution in [-0.2, 0) is 24.3 Å². The van der Waals surface area contributed by atoms with E-state index in [1.165, 1.54) is 25.1 Å². The molecule has 0 bridgehead atoms. The molecule has 0 unspecified atom stereocenters. The lowest BCUT2D eigenvalue weighted by molar-refractivity contribution is -0.147. The number of aliphatic carboxylic acids is 1. The van der Waals surface area contributed by atoms with Gasteiger partial charge in [-0.05, 0) is 24.6 Å². The minimum absolute atomic E-state index is 0.147. The van der Waals surface area contributed by atoms with Gasteiger partial charge in [-0.15, -0.1) is 0 Å². The van der Waals surface area contributed by atoms with Gasteiger partial charge in [-0.25, -0.2) is 8.42 Å². The van der Waals surface area contributed by atoms with Gasteiger partial charge in [0.1, 0.15) is 6.04 Å². The van der Waals surface area contributed by atoms with Gasteiger partial charge in [-0.2, -0.15) is 4.72 Å². The van der Waals surface area contributed by atoms with Crippen molar-refractivity contribution in [2.75, 3.05) is 7.11 Å². The average Bonchev–Trinajstić information content (AvgIpc) is 2.40. The number of esters is 1. The summed E-state index contributed by atoms with van der Waals surface area (Å²) >= 11 is 5.84. The van der Waals surface area contributed by atoms with Crippen molar-refractivity contribution in [2.45, 2.75) is 24.3 Å². The fourth-order valence-corrected chi connectivity index (χ4v) is 3.25. The predicted octanol–water partition coefficient (Wildman–Crippen LogP) is 0.943. The summed E-state index contributed by atoms with van der Waals surface area (Å²) in [5, 5.41) is 9.22. The first-order valence-corrected chi connectivity index (χ1v) is 7.62. The third-order valence-corrected chi connectivity index (χ3v) is 4.73. The Labute approximate surface area is 126 Å². The van der Waals surface area contributed by atoms with Crippen molar-refractivity contribution < 1.29 is 27.9 Å². The Kier molecular flexibility index (Phi) is 5.70. The lowest BCUT2D eigenvalue weighted by atomic mass is 10.2. The van der Waals surface area contributed by atoms with Crippen LogP contribution in [0.3, 0.4) is 0 Å². The molecule has 7 nitrogen and oxygen atoms in total. The van der Waals surface area contributed by atoms with E-state index < -0.39 is 34.4 Å². The largest absolute Gasteiger partial charge is 0.480 e. The van der Waals surface area contributed by atoms with Crippen molar-refractivity contribution >= 4 is 33.6 Å². The summed E-state index contributed by atoms with van der Waals surface area (Å²) < 4.78 is 30.7. The van der Waals surface area contributed by atoms with Gasteiger partial charge < -0.3 is 9.84 Å². The molecular weight excluding hydrogens is 322 g/mol. The summed E-state index contributed by atoms with van der Waals surface area (Å²) in [6, 6.07) is 2.61. The zero-order valence-electron chi connectivity index (χ0n) is 11.3. The Bertz CT molecular complexity index is 658. The second-order valence-electron chi connectivity index (χ2n) is 4.16. The molecule has 116 valence electrons. The summed E-state index contributed by atoms with van der Waals surface area (Å²) in [4.78, 5) is 22.0. The molecule has 0 saturated carbocycles. The number of halogens is 1. The van der Waals surface area contributed by atoms with Crippen LogP contribution in [0.15, 0.2) is 23.1 Å². The molecule has 2 N–H and O–H groups in total. The highest BCUT2D eigenvalue weighted by molar-refractivity contribution is 7.89. The van der Waals surface area contributed by atoms with E-state index >= 15 is 0 Å². The van der Waals surface area contributed by atoms with Crippen molar-refractivity contribution in [3.05, 3.63) is 28.8 Å². The fraction of sp³-hybridized carbons (Fsp3) is 0.333. The number of benzene rings is 1. The molecule has 1 aromatic rings. The molecule has 0 heterocycles. The van der Waals surface area contributed by atoms with Crippen molar-refractivity contribution in [1.82, 2.24) is 4.72 Å². The zero-order valence-corrected chi connectivity index (χ0v) is 12.9. The number of methoxy groups -OCH3 is 1. The van der Waals surface area contributed by atoms with E-state index in [1.54, 1.807) is 0 Å². The number of hydrogen-bond donors (Lipinski definition) is 2. The SMILES string of the molecule is COC(=O)C[C@H](NS(=O)(=O)c1cccc(Cl)c1C)C(=O)O. The van der Waals surface area contributed by atoms with Crippen LogP contribution in [0, 0.1) is 6.92 Å². The minimum Gasteiger partial charge on any atom is -0.480 e. The average molecular weight is 336 g/mol. The summed E-state index contributed by atoms with van der Waals surface area (Å²) in [5.41, 5.74) is 0.286. The number of hydrogen-bond acceptors (Lipinski definition) is 5. The molecular formula is C12H14ClNO6S. The molecule has 0 aromatic heterocycles. The number of sulfonamides is 1. The quantitative estimate of drug-likeness (QED) is 0.749. The van der Waals surface area contributed by atoms with Gasteiger partial charge in [-0.1, -0.05) is 17.7 Å². The summed E-state index contributed by atoms with van der Waals surface area (Å²) in [6.45, 7) is 1.49. The first kappa shape index (κ1) is 17.4. The number of carboxylic acids is 1. The number of carboxylic acid groups (broad SMARTS) is 1. The number of carbonyl (C=O) groups excluding carboxylic acids is 1. The van der Waals surface area contributed by atoms with Gasteiger partial charge in [0.2, 0.25) is 10.0 Å². The first-order valence-electron chi connectivity index (χ1n) is 5.76. The maximum atomic E-state index is 12.2. The van der Waals surface area contributed by atoms with E-state index in [-0.39, 0.29) is 15.5 Å². The molecule has 0 fully saturated rings. The molecule has 0 aliphatic rings. The maximum Gasteiger partial charge on any atom is 0.322 e. The Morgan fingerprint density at radius 2 is 2.05 bits per heavy atom. The van der Waals surface area contributed by atoms with Crippen LogP contribution in [0.25, 0.3) is 0 Å². The van der Waals surface area contributed by atoms with Crippen molar-refractivity contribution in [1.29, 1.82) is 0 Å². The smallest absolute Gasteiger partial charge is 0.322 e. The van der Waals surface area contributed by atoms with Gasteiger partial charge >= 0.3 is 11.9 Å². The normalized spacial score (nSPS) is 12.7. The van der Waals surface area contributed by atoms with Gasteiger partial charge in [0.25, 0.3) is 0 Å². The number of carbonyl (C=O) groups is 2. The van der Waals surface area contributed by atoms with Crippen molar-refractivity contribution in [3.8, 4) is 0 Å². The highest BCUT2D eigenvalue weighted by Crippen LogP contribution is 2.22. The maximum absolute atomic E-state index is 12.2. The molecule has 1 atom stereocenters. The summed E-state index contributed by atoms with van der Waals surface area (Å²) in [7, 11) is -3.05. The predicted molar refractivity (Wildman–Crippen MR) is 74.6 cm³/mol. The highest BCUT2D eigenvalue weighted by Gasteiger charge is 2.29. The monoisotopic (exact) mass is 335 g/mol. The van der Waals surface area contributed by atoms with Crippen LogP contribution < -0.4 is 4.72 Å². The molecule has 21 heavy (non-hydrogen) atoms. The molecule has 0 amide bonds. The van der Waals surface area contributed by atoms with Gasteiger partial charge in [-0.3, -0.25) is 9.59 Å². The molecule has 0 radical (unpaired) electrons. The van der Waals surface area contributed by atoms with Gasteiger partial charge in [0, 0.05) is 5.02 Å². The Morgan fingerprint density at radius 1 is 1.43 bits per heavy atom. The number of ether oxygens (including phenoxy) is 1. The van der Waals surface area contributed by atoms with Crippen LogP contribution in [-0.4, -0.2) is 38.6 Å². The van der Waals surface area contributed by atoms with Crippen LogP contribution in [0.2, 0.25) is 5.02 Å². The van der Waals surface area contributed by atoms with E-state index in [0.717, 1.165) is 7.11 Å². The van der Waals surface area contributed by atoms with E-state index in [1.807, 2.05) is 4.72 Å². The molecule has 0 saturated heterocycles. The van der Waals surface area contributed by atoms with E-state index in [2.05, 4.69) is 4.74 Å². The second kappa shape index (κ2) is 6.88. The van der Waals surface area contributed by atoms with Crippen LogP contribution in [0.4, 0.5) is 0 Å².